The molecule has 1 aromatic heterocycles. The van der Waals surface area contributed by atoms with Gasteiger partial charge in [-0.1, -0.05) is 13.8 Å². The second kappa shape index (κ2) is 6.54. The number of sulfonamides is 1. The molecule has 0 bridgehead atoms. The van der Waals surface area contributed by atoms with Crippen molar-refractivity contribution in [1.29, 1.82) is 0 Å². The van der Waals surface area contributed by atoms with E-state index < -0.39 is 10.0 Å². The minimum absolute atomic E-state index is 0.0162. The van der Waals surface area contributed by atoms with Crippen LogP contribution in [0.25, 0.3) is 0 Å². The van der Waals surface area contributed by atoms with Crippen molar-refractivity contribution in [3.05, 3.63) is 17.9 Å². The molecule has 0 aliphatic rings. The summed E-state index contributed by atoms with van der Waals surface area (Å²) in [5.41, 5.74) is 0. The average Bonchev–Trinajstić information content (AvgIpc) is 2.62. The summed E-state index contributed by atoms with van der Waals surface area (Å²) in [7, 11) is 0.285. The fourth-order valence-corrected chi connectivity index (χ4v) is 3.22. The largest absolute Gasteiger partial charge is 0.449 e. The first kappa shape index (κ1) is 16.2. The van der Waals surface area contributed by atoms with Crippen LogP contribution in [-0.2, 0) is 10.0 Å². The predicted octanol–water partition coefficient (Wildman–Crippen LogP) is 1.84. The monoisotopic (exact) mass is 288 g/mol. The minimum atomic E-state index is -3.57. The van der Waals surface area contributed by atoms with Crippen molar-refractivity contribution < 1.29 is 12.8 Å². The molecule has 1 unspecified atom stereocenters. The van der Waals surface area contributed by atoms with Crippen molar-refractivity contribution in [2.24, 2.45) is 5.92 Å². The van der Waals surface area contributed by atoms with E-state index >= 15 is 0 Å². The van der Waals surface area contributed by atoms with Crippen molar-refractivity contribution in [2.45, 2.75) is 38.3 Å². The van der Waals surface area contributed by atoms with Gasteiger partial charge < -0.3 is 9.32 Å². The number of hydrogen-bond acceptors (Lipinski definition) is 4. The van der Waals surface area contributed by atoms with E-state index in [1.165, 1.54) is 6.07 Å². The van der Waals surface area contributed by atoms with Crippen LogP contribution >= 0.6 is 0 Å². The van der Waals surface area contributed by atoms with Crippen LogP contribution in [0.1, 0.15) is 26.0 Å². The van der Waals surface area contributed by atoms with Gasteiger partial charge in [0.05, 0.1) is 0 Å². The van der Waals surface area contributed by atoms with Crippen molar-refractivity contribution in [3.8, 4) is 0 Å². The number of nitrogens with zero attached hydrogens (tertiary/aromatic N) is 1. The fraction of sp³-hybridized carbons (Fsp3) is 0.692. The summed E-state index contributed by atoms with van der Waals surface area (Å²) in [5, 5.41) is -0.0162. The van der Waals surface area contributed by atoms with Crippen LogP contribution in [0.15, 0.2) is 21.6 Å². The van der Waals surface area contributed by atoms with Crippen molar-refractivity contribution in [1.82, 2.24) is 9.62 Å². The number of furan rings is 1. The first-order valence-corrected chi connectivity index (χ1v) is 7.92. The lowest BCUT2D eigenvalue weighted by Gasteiger charge is -2.23. The van der Waals surface area contributed by atoms with E-state index in [2.05, 4.69) is 18.6 Å². The summed E-state index contributed by atoms with van der Waals surface area (Å²) in [4.78, 5) is 1.98. The average molecular weight is 288 g/mol. The molecular weight excluding hydrogens is 264 g/mol. The fourth-order valence-electron chi connectivity index (χ4n) is 2.00. The molecule has 0 aliphatic heterocycles. The standard InChI is InChI=1S/C13H24N2O3S/c1-10(2)8-12(9-15(4)5)14-19(16,17)13-7-6-11(3)18-13/h6-7,10,12,14H,8-9H2,1-5H3. The van der Waals surface area contributed by atoms with Gasteiger partial charge in [-0.3, -0.25) is 0 Å². The highest BCUT2D eigenvalue weighted by Crippen LogP contribution is 2.15. The zero-order valence-corrected chi connectivity index (χ0v) is 13.1. The molecule has 1 N–H and O–H groups in total. The zero-order valence-electron chi connectivity index (χ0n) is 12.3. The lowest BCUT2D eigenvalue weighted by molar-refractivity contribution is 0.326. The molecular formula is C13H24N2O3S. The molecule has 1 heterocycles. The van der Waals surface area contributed by atoms with E-state index in [0.717, 1.165) is 6.42 Å². The van der Waals surface area contributed by atoms with Gasteiger partial charge >= 0.3 is 0 Å². The molecule has 1 rings (SSSR count). The molecule has 6 heteroatoms. The Kier molecular flexibility index (Phi) is 5.58. The van der Waals surface area contributed by atoms with E-state index in [4.69, 9.17) is 4.42 Å². The van der Waals surface area contributed by atoms with Crippen LogP contribution in [0.2, 0.25) is 0 Å². The highest BCUT2D eigenvalue weighted by atomic mass is 32.2. The summed E-state index contributed by atoms with van der Waals surface area (Å²) in [6.07, 6.45) is 0.789. The van der Waals surface area contributed by atoms with Gasteiger partial charge in [0.2, 0.25) is 5.09 Å². The van der Waals surface area contributed by atoms with Crippen LogP contribution < -0.4 is 4.72 Å². The number of nitrogens with one attached hydrogen (secondary N) is 1. The predicted molar refractivity (Wildman–Crippen MR) is 75.6 cm³/mol. The van der Waals surface area contributed by atoms with Gasteiger partial charge in [0.25, 0.3) is 10.0 Å². The number of likely N-dealkylation sites (N-methyl/N-ethyl adjacent to an activating group) is 1. The van der Waals surface area contributed by atoms with Crippen molar-refractivity contribution >= 4 is 10.0 Å². The van der Waals surface area contributed by atoms with Gasteiger partial charge in [0.1, 0.15) is 5.76 Å². The molecule has 0 amide bonds. The van der Waals surface area contributed by atoms with E-state index in [9.17, 15) is 8.42 Å². The molecule has 5 nitrogen and oxygen atoms in total. The van der Waals surface area contributed by atoms with Crippen LogP contribution in [-0.4, -0.2) is 40.0 Å². The normalized spacial score (nSPS) is 14.3. The van der Waals surface area contributed by atoms with E-state index in [1.807, 2.05) is 19.0 Å². The molecule has 0 fully saturated rings. The molecule has 0 saturated carbocycles. The minimum Gasteiger partial charge on any atom is -0.449 e. The smallest absolute Gasteiger partial charge is 0.274 e. The lowest BCUT2D eigenvalue weighted by Crippen LogP contribution is -2.42. The van der Waals surface area contributed by atoms with E-state index in [1.54, 1.807) is 13.0 Å². The van der Waals surface area contributed by atoms with Crippen LogP contribution in [0.4, 0.5) is 0 Å². The SMILES string of the molecule is Cc1ccc(S(=O)(=O)NC(CC(C)C)CN(C)C)o1. The molecule has 110 valence electrons. The summed E-state index contributed by atoms with van der Waals surface area (Å²) in [6, 6.07) is 3.02. The van der Waals surface area contributed by atoms with Crippen molar-refractivity contribution in [2.75, 3.05) is 20.6 Å². The van der Waals surface area contributed by atoms with Gasteiger partial charge in [-0.2, -0.15) is 0 Å². The maximum Gasteiger partial charge on any atom is 0.274 e. The number of hydrogen-bond donors (Lipinski definition) is 1. The maximum absolute atomic E-state index is 12.2. The third-order valence-electron chi connectivity index (χ3n) is 2.64. The maximum atomic E-state index is 12.2. The van der Waals surface area contributed by atoms with Crippen molar-refractivity contribution in [3.63, 3.8) is 0 Å². The first-order valence-electron chi connectivity index (χ1n) is 6.44. The number of aryl methyl sites for hydroxylation is 1. The zero-order chi connectivity index (χ0) is 14.6. The molecule has 0 aliphatic carbocycles. The van der Waals surface area contributed by atoms with Crippen LogP contribution in [0.3, 0.4) is 0 Å². The Labute approximate surface area is 116 Å². The Bertz CT molecular complexity index is 482. The molecule has 0 radical (unpaired) electrons. The molecule has 19 heavy (non-hydrogen) atoms. The van der Waals surface area contributed by atoms with Crippen LogP contribution in [0, 0.1) is 12.8 Å². The van der Waals surface area contributed by atoms with Gasteiger partial charge in [-0.05, 0) is 45.5 Å². The topological polar surface area (TPSA) is 62.6 Å². The summed E-state index contributed by atoms with van der Waals surface area (Å²) in [5.74, 6) is 1.01. The Hall–Kier alpha value is -0.850. The molecule has 0 spiro atoms. The van der Waals surface area contributed by atoms with Gasteiger partial charge in [0.15, 0.2) is 0 Å². The summed E-state index contributed by atoms with van der Waals surface area (Å²) >= 11 is 0. The van der Waals surface area contributed by atoms with Gasteiger partial charge in [0, 0.05) is 12.6 Å². The van der Waals surface area contributed by atoms with Gasteiger partial charge in [-0.15, -0.1) is 0 Å². The lowest BCUT2D eigenvalue weighted by atomic mass is 10.0. The summed E-state index contributed by atoms with van der Waals surface area (Å²) in [6.45, 7) is 6.55. The quantitative estimate of drug-likeness (QED) is 0.831. The molecule has 1 aromatic rings. The number of rotatable bonds is 7. The Morgan fingerprint density at radius 1 is 1.32 bits per heavy atom. The highest BCUT2D eigenvalue weighted by Gasteiger charge is 2.23. The van der Waals surface area contributed by atoms with Crippen LogP contribution in [0.5, 0.6) is 0 Å². The Morgan fingerprint density at radius 2 is 1.95 bits per heavy atom. The highest BCUT2D eigenvalue weighted by molar-refractivity contribution is 7.89. The molecule has 0 aromatic carbocycles. The molecule has 0 saturated heterocycles. The second-order valence-corrected chi connectivity index (χ2v) is 7.22. The third-order valence-corrected chi connectivity index (χ3v) is 4.04. The van der Waals surface area contributed by atoms with Gasteiger partial charge in [-0.25, -0.2) is 13.1 Å². The summed E-state index contributed by atoms with van der Waals surface area (Å²) < 4.78 is 32.3. The van der Waals surface area contributed by atoms with E-state index in [0.29, 0.717) is 18.2 Å². The third kappa shape index (κ3) is 5.34. The second-order valence-electron chi connectivity index (χ2n) is 5.58. The molecule has 1 atom stereocenters. The first-order chi connectivity index (χ1) is 8.70. The Morgan fingerprint density at radius 3 is 2.37 bits per heavy atom. The Balaban J connectivity index is 2.82. The van der Waals surface area contributed by atoms with E-state index in [-0.39, 0.29) is 11.1 Å².